The summed E-state index contributed by atoms with van der Waals surface area (Å²) >= 11 is 6.82. The van der Waals surface area contributed by atoms with Gasteiger partial charge in [-0.3, -0.25) is 4.98 Å². The first-order chi connectivity index (χ1) is 9.60. The lowest BCUT2D eigenvalue weighted by atomic mass is 10.2. The molecule has 6 heteroatoms. The molecule has 0 unspecified atom stereocenters. The summed E-state index contributed by atoms with van der Waals surface area (Å²) in [7, 11) is 0. The number of nitrogens with zero attached hydrogens (tertiary/aromatic N) is 1. The number of hydrogen-bond acceptors (Lipinski definition) is 3. The number of benzene rings is 1. The third-order valence-electron chi connectivity index (χ3n) is 2.57. The SMILES string of the molecule is CCOc1cc(F)ccc1NCc1ncc(Br)cc1Br. The van der Waals surface area contributed by atoms with Gasteiger partial charge in [0.05, 0.1) is 24.5 Å². The highest BCUT2D eigenvalue weighted by atomic mass is 79.9. The second-order valence-electron chi connectivity index (χ2n) is 4.01. The van der Waals surface area contributed by atoms with Gasteiger partial charge < -0.3 is 10.1 Å². The van der Waals surface area contributed by atoms with Gasteiger partial charge in [-0.05, 0) is 57.0 Å². The Morgan fingerprint density at radius 1 is 1.30 bits per heavy atom. The molecule has 0 bridgehead atoms. The lowest BCUT2D eigenvalue weighted by molar-refractivity contribution is 0.339. The summed E-state index contributed by atoms with van der Waals surface area (Å²) in [5.74, 6) is 0.183. The maximum absolute atomic E-state index is 13.2. The summed E-state index contributed by atoms with van der Waals surface area (Å²) in [5.41, 5.74) is 1.60. The van der Waals surface area contributed by atoms with Crippen molar-refractivity contribution in [2.75, 3.05) is 11.9 Å². The Balaban J connectivity index is 2.14. The van der Waals surface area contributed by atoms with Gasteiger partial charge in [0.15, 0.2) is 0 Å². The van der Waals surface area contributed by atoms with Crippen LogP contribution in [-0.2, 0) is 6.54 Å². The van der Waals surface area contributed by atoms with E-state index < -0.39 is 0 Å². The Morgan fingerprint density at radius 3 is 2.80 bits per heavy atom. The fraction of sp³-hybridized carbons (Fsp3) is 0.214. The van der Waals surface area contributed by atoms with Crippen molar-refractivity contribution in [3.05, 3.63) is 50.9 Å². The van der Waals surface area contributed by atoms with Crippen molar-refractivity contribution < 1.29 is 9.13 Å². The standard InChI is InChI=1S/C14H13Br2FN2O/c1-2-20-14-6-10(17)3-4-12(14)19-8-13-11(16)5-9(15)7-18-13/h3-7,19H,2,8H2,1H3. The lowest BCUT2D eigenvalue weighted by Crippen LogP contribution is -2.05. The molecule has 0 radical (unpaired) electrons. The van der Waals surface area contributed by atoms with Gasteiger partial charge >= 0.3 is 0 Å². The van der Waals surface area contributed by atoms with Crippen LogP contribution >= 0.6 is 31.9 Å². The molecule has 0 amide bonds. The minimum atomic E-state index is -0.318. The molecule has 0 aliphatic carbocycles. The van der Waals surface area contributed by atoms with Crippen molar-refractivity contribution in [2.24, 2.45) is 0 Å². The minimum Gasteiger partial charge on any atom is -0.492 e. The minimum absolute atomic E-state index is 0.318. The van der Waals surface area contributed by atoms with Crippen LogP contribution in [0.5, 0.6) is 5.75 Å². The molecule has 0 saturated carbocycles. The number of anilines is 1. The predicted molar refractivity (Wildman–Crippen MR) is 84.5 cm³/mol. The molecule has 106 valence electrons. The maximum Gasteiger partial charge on any atom is 0.145 e. The molecule has 1 N–H and O–H groups in total. The predicted octanol–water partition coefficient (Wildman–Crippen LogP) is 4.76. The van der Waals surface area contributed by atoms with E-state index in [-0.39, 0.29) is 5.82 Å². The normalized spacial score (nSPS) is 10.4. The Kier molecular flexibility index (Phi) is 5.37. The maximum atomic E-state index is 13.2. The van der Waals surface area contributed by atoms with Crippen molar-refractivity contribution >= 4 is 37.5 Å². The van der Waals surface area contributed by atoms with Gasteiger partial charge in [-0.2, -0.15) is 0 Å². The quantitative estimate of drug-likeness (QED) is 0.781. The molecule has 0 saturated heterocycles. The molecule has 3 nitrogen and oxygen atoms in total. The number of rotatable bonds is 5. The van der Waals surface area contributed by atoms with E-state index in [2.05, 4.69) is 42.2 Å². The summed E-state index contributed by atoms with van der Waals surface area (Å²) in [6.07, 6.45) is 1.73. The van der Waals surface area contributed by atoms with Crippen molar-refractivity contribution in [3.63, 3.8) is 0 Å². The van der Waals surface area contributed by atoms with Gasteiger partial charge in [0, 0.05) is 21.2 Å². The van der Waals surface area contributed by atoms with Crippen LogP contribution in [0.25, 0.3) is 0 Å². The summed E-state index contributed by atoms with van der Waals surface area (Å²) in [6.45, 7) is 2.86. The fourth-order valence-electron chi connectivity index (χ4n) is 1.67. The van der Waals surface area contributed by atoms with Crippen molar-refractivity contribution in [2.45, 2.75) is 13.5 Å². The summed E-state index contributed by atoms with van der Waals surface area (Å²) in [5, 5.41) is 3.20. The number of nitrogens with one attached hydrogen (secondary N) is 1. The van der Waals surface area contributed by atoms with E-state index in [4.69, 9.17) is 4.74 Å². The average Bonchev–Trinajstić information content (AvgIpc) is 2.40. The van der Waals surface area contributed by atoms with Crippen molar-refractivity contribution in [3.8, 4) is 5.75 Å². The Hall–Kier alpha value is -1.14. The Bertz CT molecular complexity index is 608. The van der Waals surface area contributed by atoms with Gasteiger partial charge in [0.1, 0.15) is 11.6 Å². The smallest absolute Gasteiger partial charge is 0.145 e. The van der Waals surface area contributed by atoms with E-state index in [1.165, 1.54) is 12.1 Å². The summed E-state index contributed by atoms with van der Waals surface area (Å²) in [6, 6.07) is 6.36. The number of hydrogen-bond donors (Lipinski definition) is 1. The van der Waals surface area contributed by atoms with Gasteiger partial charge in [0.25, 0.3) is 0 Å². The molecule has 0 atom stereocenters. The van der Waals surface area contributed by atoms with Gasteiger partial charge in [-0.1, -0.05) is 0 Å². The van der Waals surface area contributed by atoms with Crippen LogP contribution in [0, 0.1) is 5.82 Å². The third kappa shape index (κ3) is 3.93. The van der Waals surface area contributed by atoms with Gasteiger partial charge in [-0.25, -0.2) is 4.39 Å². The van der Waals surface area contributed by atoms with Crippen LogP contribution in [-0.4, -0.2) is 11.6 Å². The highest BCUT2D eigenvalue weighted by molar-refractivity contribution is 9.11. The molecular formula is C14H13Br2FN2O. The van der Waals surface area contributed by atoms with Crippen LogP contribution in [0.1, 0.15) is 12.6 Å². The fourth-order valence-corrected chi connectivity index (χ4v) is 2.80. The average molecular weight is 404 g/mol. The van der Waals surface area contributed by atoms with Crippen LogP contribution in [0.4, 0.5) is 10.1 Å². The first-order valence-electron chi connectivity index (χ1n) is 6.06. The second kappa shape index (κ2) is 7.04. The largest absolute Gasteiger partial charge is 0.492 e. The van der Waals surface area contributed by atoms with E-state index in [1.807, 2.05) is 13.0 Å². The first kappa shape index (κ1) is 15.3. The first-order valence-corrected chi connectivity index (χ1v) is 7.65. The van der Waals surface area contributed by atoms with Gasteiger partial charge in [0.2, 0.25) is 0 Å². The molecular weight excluding hydrogens is 391 g/mol. The highest BCUT2D eigenvalue weighted by Gasteiger charge is 2.07. The molecule has 2 aromatic rings. The zero-order valence-electron chi connectivity index (χ0n) is 10.8. The van der Waals surface area contributed by atoms with Gasteiger partial charge in [-0.15, -0.1) is 0 Å². The highest BCUT2D eigenvalue weighted by Crippen LogP contribution is 2.27. The molecule has 0 aliphatic rings. The van der Waals surface area contributed by atoms with Crippen molar-refractivity contribution in [1.29, 1.82) is 0 Å². The van der Waals surface area contributed by atoms with E-state index in [9.17, 15) is 4.39 Å². The molecule has 2 rings (SSSR count). The Morgan fingerprint density at radius 2 is 2.10 bits per heavy atom. The topological polar surface area (TPSA) is 34.1 Å². The summed E-state index contributed by atoms with van der Waals surface area (Å²) in [4.78, 5) is 4.31. The Labute approximate surface area is 133 Å². The van der Waals surface area contributed by atoms with Crippen molar-refractivity contribution in [1.82, 2.24) is 4.98 Å². The number of ether oxygens (including phenoxy) is 1. The molecule has 1 aromatic heterocycles. The number of halogens is 3. The molecule has 0 spiro atoms. The van der Waals surface area contributed by atoms with E-state index in [1.54, 1.807) is 12.3 Å². The monoisotopic (exact) mass is 402 g/mol. The molecule has 1 heterocycles. The third-order valence-corrected chi connectivity index (χ3v) is 3.69. The van der Waals surface area contributed by atoms with E-state index >= 15 is 0 Å². The van der Waals surface area contributed by atoms with Crippen LogP contribution in [0.3, 0.4) is 0 Å². The lowest BCUT2D eigenvalue weighted by Gasteiger charge is -2.13. The molecule has 20 heavy (non-hydrogen) atoms. The number of aromatic nitrogens is 1. The van der Waals surface area contributed by atoms with E-state index in [0.717, 1.165) is 20.3 Å². The molecule has 1 aromatic carbocycles. The zero-order chi connectivity index (χ0) is 14.5. The van der Waals surface area contributed by atoms with E-state index in [0.29, 0.717) is 18.9 Å². The molecule has 0 fully saturated rings. The second-order valence-corrected chi connectivity index (χ2v) is 5.78. The molecule has 0 aliphatic heterocycles. The zero-order valence-corrected chi connectivity index (χ0v) is 14.0. The van der Waals surface area contributed by atoms with Crippen LogP contribution in [0.15, 0.2) is 39.4 Å². The number of pyridine rings is 1. The summed E-state index contributed by atoms with van der Waals surface area (Å²) < 4.78 is 20.4. The van der Waals surface area contributed by atoms with Crippen LogP contribution in [0.2, 0.25) is 0 Å². The van der Waals surface area contributed by atoms with Crippen LogP contribution < -0.4 is 10.1 Å².